The first-order valence-electron chi connectivity index (χ1n) is 7.54. The molecule has 1 aromatic heterocycles. The number of benzene rings is 1. The van der Waals surface area contributed by atoms with Crippen LogP contribution < -0.4 is 5.32 Å². The summed E-state index contributed by atoms with van der Waals surface area (Å²) in [6.45, 7) is -0.488. The van der Waals surface area contributed by atoms with Crippen molar-refractivity contribution in [2.75, 3.05) is 11.9 Å². The van der Waals surface area contributed by atoms with Gasteiger partial charge in [0.15, 0.2) is 0 Å². The molecule has 0 saturated carbocycles. The maximum atomic E-state index is 13.5. The number of nitrogens with one attached hydrogen (secondary N) is 1. The molecule has 0 radical (unpaired) electrons. The second-order valence-electron chi connectivity index (χ2n) is 5.19. The number of imide groups is 1. The van der Waals surface area contributed by atoms with Gasteiger partial charge in [0.05, 0.1) is 16.9 Å². The largest absolute Gasteiger partial charge is 0.465 e. The molecule has 3 rings (SSSR count). The second-order valence-corrected chi connectivity index (χ2v) is 6.19. The highest BCUT2D eigenvalue weighted by Crippen LogP contribution is 2.30. The lowest BCUT2D eigenvalue weighted by Crippen LogP contribution is -2.36. The lowest BCUT2D eigenvalue weighted by Gasteiger charge is -2.12. The minimum atomic E-state index is -0.662. The molecule has 1 aliphatic rings. The maximum Gasteiger partial charge on any atom is 0.294 e. The summed E-state index contributed by atoms with van der Waals surface area (Å²) in [7, 11) is 0. The standard InChI is InChI=1S/C18H13FN2O4S/c19-13-7-1-2-8-14(13)20-16(22)11-21-17(23)15(26-18(21)24)9-3-5-12-6-4-10-25-12/h1-10H,11H2,(H,20,22)/b5-3+,15-9-. The Morgan fingerprint density at radius 3 is 2.77 bits per heavy atom. The van der Waals surface area contributed by atoms with Crippen molar-refractivity contribution in [3.63, 3.8) is 0 Å². The summed E-state index contributed by atoms with van der Waals surface area (Å²) in [6, 6.07) is 9.10. The van der Waals surface area contributed by atoms with Gasteiger partial charge in [-0.1, -0.05) is 18.2 Å². The fourth-order valence-corrected chi connectivity index (χ4v) is 2.95. The van der Waals surface area contributed by atoms with Gasteiger partial charge >= 0.3 is 0 Å². The van der Waals surface area contributed by atoms with E-state index in [4.69, 9.17) is 4.42 Å². The predicted molar refractivity (Wildman–Crippen MR) is 95.6 cm³/mol. The Morgan fingerprint density at radius 2 is 2.04 bits per heavy atom. The number of carbonyl (C=O) groups is 3. The van der Waals surface area contributed by atoms with Crippen LogP contribution in [0.1, 0.15) is 5.76 Å². The molecule has 0 unspecified atom stereocenters. The molecule has 0 bridgehead atoms. The van der Waals surface area contributed by atoms with Crippen molar-refractivity contribution >= 4 is 40.6 Å². The third-order valence-corrected chi connectivity index (χ3v) is 4.30. The minimum Gasteiger partial charge on any atom is -0.465 e. The number of para-hydroxylation sites is 1. The zero-order chi connectivity index (χ0) is 18.5. The average Bonchev–Trinajstić information content (AvgIpc) is 3.21. The van der Waals surface area contributed by atoms with Gasteiger partial charge in [-0.3, -0.25) is 19.3 Å². The van der Waals surface area contributed by atoms with E-state index in [1.54, 1.807) is 30.4 Å². The number of nitrogens with zero attached hydrogens (tertiary/aromatic N) is 1. The summed E-state index contributed by atoms with van der Waals surface area (Å²) >= 11 is 0.733. The van der Waals surface area contributed by atoms with E-state index in [2.05, 4.69) is 5.32 Å². The van der Waals surface area contributed by atoms with Gasteiger partial charge in [-0.2, -0.15) is 0 Å². The van der Waals surface area contributed by atoms with E-state index in [1.807, 2.05) is 0 Å². The molecule has 0 aliphatic carbocycles. The van der Waals surface area contributed by atoms with Crippen LogP contribution in [0.25, 0.3) is 6.08 Å². The van der Waals surface area contributed by atoms with Gasteiger partial charge in [0.25, 0.3) is 11.1 Å². The smallest absolute Gasteiger partial charge is 0.294 e. The van der Waals surface area contributed by atoms with E-state index >= 15 is 0 Å². The lowest BCUT2D eigenvalue weighted by molar-refractivity contribution is -0.127. The van der Waals surface area contributed by atoms with Crippen molar-refractivity contribution in [3.8, 4) is 0 Å². The SMILES string of the molecule is O=C(CN1C(=O)S/C(=C\C=C\c2ccco2)C1=O)Nc1ccccc1F. The van der Waals surface area contributed by atoms with Gasteiger partial charge in [0.2, 0.25) is 5.91 Å². The van der Waals surface area contributed by atoms with Crippen LogP contribution in [0, 0.1) is 5.82 Å². The number of amides is 3. The molecular formula is C18H13FN2O4S. The van der Waals surface area contributed by atoms with E-state index in [0.717, 1.165) is 16.7 Å². The molecule has 0 atom stereocenters. The van der Waals surface area contributed by atoms with Gasteiger partial charge in [-0.05, 0) is 48.2 Å². The molecule has 8 heteroatoms. The van der Waals surface area contributed by atoms with Crippen LogP contribution in [0.4, 0.5) is 14.9 Å². The van der Waals surface area contributed by atoms with Gasteiger partial charge in [-0.25, -0.2) is 4.39 Å². The van der Waals surface area contributed by atoms with Gasteiger partial charge in [0, 0.05) is 0 Å². The van der Waals surface area contributed by atoms with Crippen molar-refractivity contribution in [2.45, 2.75) is 0 Å². The topological polar surface area (TPSA) is 79.6 Å². The molecular weight excluding hydrogens is 359 g/mol. The molecule has 1 saturated heterocycles. The molecule has 2 aromatic rings. The van der Waals surface area contributed by atoms with Gasteiger partial charge in [-0.15, -0.1) is 0 Å². The number of thioether (sulfide) groups is 1. The number of allylic oxidation sites excluding steroid dienone is 2. The van der Waals surface area contributed by atoms with Crippen molar-refractivity contribution in [3.05, 3.63) is 71.3 Å². The van der Waals surface area contributed by atoms with Crippen molar-refractivity contribution < 1.29 is 23.2 Å². The molecule has 132 valence electrons. The summed E-state index contributed by atoms with van der Waals surface area (Å²) in [4.78, 5) is 37.3. The summed E-state index contributed by atoms with van der Waals surface area (Å²) in [5.74, 6) is -1.24. The first-order chi connectivity index (χ1) is 12.5. The monoisotopic (exact) mass is 372 g/mol. The zero-order valence-electron chi connectivity index (χ0n) is 13.3. The highest BCUT2D eigenvalue weighted by molar-refractivity contribution is 8.18. The average molecular weight is 372 g/mol. The highest BCUT2D eigenvalue weighted by atomic mass is 32.2. The Hall–Kier alpha value is -3.13. The number of carbonyl (C=O) groups excluding carboxylic acids is 3. The number of hydrogen-bond donors (Lipinski definition) is 1. The number of rotatable bonds is 5. The highest BCUT2D eigenvalue weighted by Gasteiger charge is 2.36. The quantitative estimate of drug-likeness (QED) is 0.811. The molecule has 2 heterocycles. The van der Waals surface area contributed by atoms with Crippen molar-refractivity contribution in [2.24, 2.45) is 0 Å². The third-order valence-electron chi connectivity index (χ3n) is 3.37. The number of hydrogen-bond acceptors (Lipinski definition) is 5. The van der Waals surface area contributed by atoms with Crippen LogP contribution in [0.3, 0.4) is 0 Å². The summed E-state index contributed by atoms with van der Waals surface area (Å²) in [5, 5.41) is 1.78. The number of furan rings is 1. The molecule has 26 heavy (non-hydrogen) atoms. The molecule has 3 amide bonds. The van der Waals surface area contributed by atoms with E-state index in [1.165, 1.54) is 30.5 Å². The van der Waals surface area contributed by atoms with Crippen molar-refractivity contribution in [1.82, 2.24) is 4.90 Å². The third kappa shape index (κ3) is 4.09. The Morgan fingerprint density at radius 1 is 1.23 bits per heavy atom. The van der Waals surface area contributed by atoms with E-state index < -0.39 is 29.4 Å². The van der Waals surface area contributed by atoms with Crippen LogP contribution in [0.5, 0.6) is 0 Å². The van der Waals surface area contributed by atoms with Crippen LogP contribution >= 0.6 is 11.8 Å². The Labute approximate surface area is 152 Å². The molecule has 1 N–H and O–H groups in total. The molecule has 0 spiro atoms. The van der Waals surface area contributed by atoms with Gasteiger partial charge < -0.3 is 9.73 Å². The second kappa shape index (κ2) is 7.83. The normalized spacial score (nSPS) is 16.0. The van der Waals surface area contributed by atoms with E-state index in [0.29, 0.717) is 5.76 Å². The number of anilines is 1. The van der Waals surface area contributed by atoms with Crippen LogP contribution in [-0.2, 0) is 9.59 Å². The summed E-state index contributed by atoms with van der Waals surface area (Å²) in [6.07, 6.45) is 6.21. The minimum absolute atomic E-state index is 0.0126. The van der Waals surface area contributed by atoms with Gasteiger partial charge in [0.1, 0.15) is 18.1 Å². The van der Waals surface area contributed by atoms with E-state index in [-0.39, 0.29) is 10.6 Å². The Balaban J connectivity index is 1.63. The molecule has 1 fully saturated rings. The molecule has 1 aliphatic heterocycles. The number of halogens is 1. The van der Waals surface area contributed by atoms with E-state index in [9.17, 15) is 18.8 Å². The molecule has 6 nitrogen and oxygen atoms in total. The lowest BCUT2D eigenvalue weighted by atomic mass is 10.3. The van der Waals surface area contributed by atoms with Crippen LogP contribution in [0.2, 0.25) is 0 Å². The maximum absolute atomic E-state index is 13.5. The first-order valence-corrected chi connectivity index (χ1v) is 8.36. The fourth-order valence-electron chi connectivity index (χ4n) is 2.16. The predicted octanol–water partition coefficient (Wildman–Crippen LogP) is 3.65. The van der Waals surface area contributed by atoms with Crippen molar-refractivity contribution in [1.29, 1.82) is 0 Å². The summed E-state index contributed by atoms with van der Waals surface area (Å²) < 4.78 is 18.7. The fraction of sp³-hybridized carbons (Fsp3) is 0.0556. The molecule has 1 aromatic carbocycles. The van der Waals surface area contributed by atoms with Crippen LogP contribution in [-0.4, -0.2) is 28.5 Å². The van der Waals surface area contributed by atoms with Crippen LogP contribution in [0.15, 0.2) is 64.1 Å². The zero-order valence-corrected chi connectivity index (χ0v) is 14.2. The Kier molecular flexibility index (Phi) is 5.33. The first kappa shape index (κ1) is 17.7. The Bertz CT molecular complexity index is 906. The summed E-state index contributed by atoms with van der Waals surface area (Å²) in [5.41, 5.74) is -0.0126.